The highest BCUT2D eigenvalue weighted by atomic mass is 16.5. The van der Waals surface area contributed by atoms with Crippen molar-refractivity contribution in [1.29, 1.82) is 0 Å². The van der Waals surface area contributed by atoms with Crippen molar-refractivity contribution >= 4 is 0 Å². The molecule has 0 aromatic carbocycles. The molecule has 0 saturated carbocycles. The minimum absolute atomic E-state index is 0.491. The van der Waals surface area contributed by atoms with Gasteiger partial charge in [0, 0.05) is 6.04 Å². The zero-order chi connectivity index (χ0) is 11.3. The molecular weight excluding hydrogens is 186 g/mol. The Labute approximate surface area is 94.8 Å². The number of nitrogens with one attached hydrogen (secondary N) is 1. The minimum Gasteiger partial charge on any atom is -0.375 e. The van der Waals surface area contributed by atoms with Crippen LogP contribution in [0.1, 0.15) is 53.4 Å². The highest BCUT2D eigenvalue weighted by Crippen LogP contribution is 2.25. The molecule has 2 heteroatoms. The number of ether oxygens (including phenoxy) is 1. The van der Waals surface area contributed by atoms with Crippen molar-refractivity contribution in [1.82, 2.24) is 5.32 Å². The largest absolute Gasteiger partial charge is 0.375 e. The van der Waals surface area contributed by atoms with Gasteiger partial charge in [-0.15, -0.1) is 0 Å². The van der Waals surface area contributed by atoms with Crippen LogP contribution in [0.3, 0.4) is 0 Å². The fourth-order valence-corrected chi connectivity index (χ4v) is 2.23. The lowest BCUT2D eigenvalue weighted by Gasteiger charge is -2.21. The van der Waals surface area contributed by atoms with Crippen molar-refractivity contribution in [2.24, 2.45) is 5.92 Å². The first kappa shape index (κ1) is 13.0. The summed E-state index contributed by atoms with van der Waals surface area (Å²) in [5.74, 6) is 0.780. The fraction of sp³-hybridized carbons (Fsp3) is 1.00. The van der Waals surface area contributed by atoms with E-state index >= 15 is 0 Å². The van der Waals surface area contributed by atoms with E-state index in [1.54, 1.807) is 0 Å². The summed E-state index contributed by atoms with van der Waals surface area (Å²) >= 11 is 0. The summed E-state index contributed by atoms with van der Waals surface area (Å²) in [5.41, 5.74) is 0. The molecule has 3 atom stereocenters. The summed E-state index contributed by atoms with van der Waals surface area (Å²) in [6, 6.07) is 0.600. The molecule has 0 aromatic heterocycles. The van der Waals surface area contributed by atoms with Gasteiger partial charge in [0.1, 0.15) is 0 Å². The predicted octanol–water partition coefficient (Wildman–Crippen LogP) is 2.97. The number of hydrogen-bond donors (Lipinski definition) is 1. The van der Waals surface area contributed by atoms with Gasteiger partial charge in [-0.05, 0) is 38.6 Å². The maximum absolute atomic E-state index is 5.87. The molecule has 1 saturated heterocycles. The van der Waals surface area contributed by atoms with Crippen LogP contribution in [0.2, 0.25) is 0 Å². The van der Waals surface area contributed by atoms with Crippen LogP contribution in [0.15, 0.2) is 0 Å². The number of hydrogen-bond acceptors (Lipinski definition) is 2. The van der Waals surface area contributed by atoms with E-state index in [0.717, 1.165) is 12.5 Å². The molecule has 0 aromatic rings. The van der Waals surface area contributed by atoms with Gasteiger partial charge in [0.2, 0.25) is 0 Å². The van der Waals surface area contributed by atoms with Crippen molar-refractivity contribution in [3.8, 4) is 0 Å². The topological polar surface area (TPSA) is 21.3 Å². The van der Waals surface area contributed by atoms with Crippen molar-refractivity contribution in [2.45, 2.75) is 71.6 Å². The van der Waals surface area contributed by atoms with Gasteiger partial charge in [-0.1, -0.05) is 27.2 Å². The van der Waals surface area contributed by atoms with Crippen LogP contribution in [-0.4, -0.2) is 24.8 Å². The van der Waals surface area contributed by atoms with Crippen LogP contribution >= 0.6 is 0 Å². The van der Waals surface area contributed by atoms with Gasteiger partial charge in [0.15, 0.2) is 0 Å². The molecule has 90 valence electrons. The molecule has 0 radical (unpaired) electrons. The van der Waals surface area contributed by atoms with Crippen LogP contribution < -0.4 is 5.32 Å². The van der Waals surface area contributed by atoms with E-state index in [-0.39, 0.29) is 0 Å². The first-order valence-corrected chi connectivity index (χ1v) is 6.50. The average Bonchev–Trinajstić information content (AvgIpc) is 2.58. The number of rotatable bonds is 6. The molecule has 0 spiro atoms. The molecule has 0 bridgehead atoms. The summed E-state index contributed by atoms with van der Waals surface area (Å²) in [6.07, 6.45) is 6.02. The molecule has 3 unspecified atom stereocenters. The van der Waals surface area contributed by atoms with Crippen molar-refractivity contribution in [2.75, 3.05) is 6.54 Å². The summed E-state index contributed by atoms with van der Waals surface area (Å²) in [6.45, 7) is 10.0. The van der Waals surface area contributed by atoms with Crippen LogP contribution in [0.4, 0.5) is 0 Å². The third-order valence-corrected chi connectivity index (χ3v) is 3.31. The molecule has 1 N–H and O–H groups in total. The van der Waals surface area contributed by atoms with E-state index in [1.807, 2.05) is 0 Å². The summed E-state index contributed by atoms with van der Waals surface area (Å²) < 4.78 is 5.87. The molecular formula is C13H27NO. The standard InChI is InChI=1S/C13H27NO/c1-5-12(9-14-10(2)3)8-13-7-6-11(4)15-13/h10-14H,5-9H2,1-4H3. The van der Waals surface area contributed by atoms with Gasteiger partial charge in [0.05, 0.1) is 12.2 Å². The Hall–Kier alpha value is -0.0800. The smallest absolute Gasteiger partial charge is 0.0582 e. The zero-order valence-corrected chi connectivity index (χ0v) is 10.8. The van der Waals surface area contributed by atoms with Crippen molar-refractivity contribution in [3.63, 3.8) is 0 Å². The van der Waals surface area contributed by atoms with Gasteiger partial charge >= 0.3 is 0 Å². The van der Waals surface area contributed by atoms with Crippen LogP contribution in [0, 0.1) is 5.92 Å². The quantitative estimate of drug-likeness (QED) is 0.732. The molecule has 1 rings (SSSR count). The lowest BCUT2D eigenvalue weighted by molar-refractivity contribution is 0.0402. The van der Waals surface area contributed by atoms with E-state index in [0.29, 0.717) is 18.2 Å². The maximum atomic E-state index is 5.87. The van der Waals surface area contributed by atoms with Crippen molar-refractivity contribution in [3.05, 3.63) is 0 Å². The van der Waals surface area contributed by atoms with E-state index in [2.05, 4.69) is 33.0 Å². The average molecular weight is 213 g/mol. The highest BCUT2D eigenvalue weighted by molar-refractivity contribution is 4.75. The first-order valence-electron chi connectivity index (χ1n) is 6.50. The predicted molar refractivity (Wildman–Crippen MR) is 65.1 cm³/mol. The monoisotopic (exact) mass is 213 g/mol. The zero-order valence-electron chi connectivity index (χ0n) is 10.8. The van der Waals surface area contributed by atoms with E-state index in [9.17, 15) is 0 Å². The van der Waals surface area contributed by atoms with Gasteiger partial charge in [-0.3, -0.25) is 0 Å². The SMILES string of the molecule is CCC(CNC(C)C)CC1CCC(C)O1. The second kappa shape index (κ2) is 6.49. The van der Waals surface area contributed by atoms with Gasteiger partial charge < -0.3 is 10.1 Å². The Bertz CT molecular complexity index is 170. The highest BCUT2D eigenvalue weighted by Gasteiger charge is 2.24. The molecule has 0 aliphatic carbocycles. The van der Waals surface area contributed by atoms with Crippen LogP contribution in [0.5, 0.6) is 0 Å². The lowest BCUT2D eigenvalue weighted by atomic mass is 9.97. The summed E-state index contributed by atoms with van der Waals surface area (Å²) in [7, 11) is 0. The molecule has 15 heavy (non-hydrogen) atoms. The van der Waals surface area contributed by atoms with Crippen LogP contribution in [-0.2, 0) is 4.74 Å². The summed E-state index contributed by atoms with van der Waals surface area (Å²) in [5, 5.41) is 3.53. The third-order valence-electron chi connectivity index (χ3n) is 3.31. The maximum Gasteiger partial charge on any atom is 0.0582 e. The molecule has 1 fully saturated rings. The van der Waals surface area contributed by atoms with E-state index < -0.39 is 0 Å². The Morgan fingerprint density at radius 1 is 1.33 bits per heavy atom. The van der Waals surface area contributed by atoms with Gasteiger partial charge in [-0.25, -0.2) is 0 Å². The molecule has 1 aliphatic rings. The molecule has 2 nitrogen and oxygen atoms in total. The van der Waals surface area contributed by atoms with E-state index in [4.69, 9.17) is 4.74 Å². The summed E-state index contributed by atoms with van der Waals surface area (Å²) in [4.78, 5) is 0. The Balaban J connectivity index is 2.21. The second-order valence-electron chi connectivity index (χ2n) is 5.22. The Kier molecular flexibility index (Phi) is 5.62. The first-order chi connectivity index (χ1) is 7.11. The molecule has 1 heterocycles. The van der Waals surface area contributed by atoms with Gasteiger partial charge in [-0.2, -0.15) is 0 Å². The minimum atomic E-state index is 0.491. The Morgan fingerprint density at radius 2 is 2.07 bits per heavy atom. The fourth-order valence-electron chi connectivity index (χ4n) is 2.23. The van der Waals surface area contributed by atoms with E-state index in [1.165, 1.54) is 25.7 Å². The molecule has 1 aliphatic heterocycles. The lowest BCUT2D eigenvalue weighted by Crippen LogP contribution is -2.30. The third kappa shape index (κ3) is 4.98. The van der Waals surface area contributed by atoms with Crippen molar-refractivity contribution < 1.29 is 4.74 Å². The molecule has 0 amide bonds. The van der Waals surface area contributed by atoms with Gasteiger partial charge in [0.25, 0.3) is 0 Å². The Morgan fingerprint density at radius 3 is 2.53 bits per heavy atom. The van der Waals surface area contributed by atoms with Crippen LogP contribution in [0.25, 0.3) is 0 Å². The normalized spacial score (nSPS) is 28.6. The second-order valence-corrected chi connectivity index (χ2v) is 5.22.